The number of benzene rings is 2. The fraction of sp³-hybridized carbons (Fsp3) is 0.594. The number of likely N-dealkylation sites (N-methyl/N-ethyl adjacent to an activating group) is 1. The van der Waals surface area contributed by atoms with E-state index < -0.39 is 47.3 Å². The van der Waals surface area contributed by atoms with Gasteiger partial charge in [0.2, 0.25) is 0 Å². The van der Waals surface area contributed by atoms with Crippen LogP contribution in [0.4, 0.5) is 45.5 Å². The highest BCUT2D eigenvalue weighted by Gasteiger charge is 2.51. The predicted octanol–water partition coefficient (Wildman–Crippen LogP) is 7.26. The molecule has 272 valence electrons. The minimum Gasteiger partial charge on any atom is -0.380 e. The lowest BCUT2D eigenvalue weighted by Crippen LogP contribution is -2.37. The molecule has 1 heterocycles. The van der Waals surface area contributed by atoms with Crippen molar-refractivity contribution in [3.8, 4) is 0 Å². The molecular weight excluding hydrogens is 669 g/mol. The van der Waals surface area contributed by atoms with Crippen molar-refractivity contribution in [2.24, 2.45) is 13.0 Å². The highest BCUT2D eigenvalue weighted by atomic mass is 19.4. The van der Waals surface area contributed by atoms with Crippen molar-refractivity contribution >= 4 is 5.95 Å². The molecule has 4 unspecified atom stereocenters. The van der Waals surface area contributed by atoms with E-state index in [1.807, 2.05) is 20.8 Å². The molecule has 0 radical (unpaired) electrons. The minimum absolute atomic E-state index is 0.0162. The third-order valence-electron chi connectivity index (χ3n) is 8.69. The van der Waals surface area contributed by atoms with Gasteiger partial charge in [0.15, 0.2) is 0 Å². The van der Waals surface area contributed by atoms with Gasteiger partial charge in [-0.25, -0.2) is 0 Å². The summed E-state index contributed by atoms with van der Waals surface area (Å²) in [5, 5.41) is 15.2. The van der Waals surface area contributed by atoms with Crippen LogP contribution in [0.2, 0.25) is 0 Å². The van der Waals surface area contributed by atoms with E-state index in [0.29, 0.717) is 50.4 Å². The molecule has 0 aliphatic heterocycles. The molecule has 2 aromatic carbocycles. The van der Waals surface area contributed by atoms with Gasteiger partial charge < -0.3 is 15.0 Å². The normalized spacial score (nSPS) is 19.0. The fourth-order valence-electron chi connectivity index (χ4n) is 6.35. The lowest BCUT2D eigenvalue weighted by Gasteiger charge is -2.34. The number of nitrogens with zero attached hydrogens (tertiary/aromatic N) is 6. The Morgan fingerprint density at radius 1 is 0.878 bits per heavy atom. The second-order valence-corrected chi connectivity index (χ2v) is 12.0. The Bertz CT molecular complexity index is 1510. The number of hydrogen-bond acceptors (Lipinski definition) is 7. The van der Waals surface area contributed by atoms with Crippen LogP contribution in [0.3, 0.4) is 0 Å². The first-order chi connectivity index (χ1) is 22.9. The Kier molecular flexibility index (Phi) is 11.9. The van der Waals surface area contributed by atoms with Crippen molar-refractivity contribution in [2.75, 3.05) is 31.2 Å². The lowest BCUT2D eigenvalue weighted by atomic mass is 9.94. The van der Waals surface area contributed by atoms with Crippen LogP contribution in [0.1, 0.15) is 73.5 Å². The third kappa shape index (κ3) is 9.42. The van der Waals surface area contributed by atoms with Crippen molar-refractivity contribution in [3.05, 3.63) is 69.8 Å². The van der Waals surface area contributed by atoms with Crippen molar-refractivity contribution in [1.82, 2.24) is 30.4 Å². The zero-order chi connectivity index (χ0) is 36.3. The lowest BCUT2D eigenvalue weighted by molar-refractivity contribution is -0.143. The second kappa shape index (κ2) is 15.2. The molecule has 1 N–H and O–H groups in total. The van der Waals surface area contributed by atoms with Crippen LogP contribution < -0.4 is 10.2 Å². The first-order valence-electron chi connectivity index (χ1n) is 15.9. The minimum atomic E-state index is -5.09. The molecule has 1 aliphatic rings. The molecule has 49 heavy (non-hydrogen) atoms. The van der Waals surface area contributed by atoms with E-state index in [1.165, 1.54) is 18.0 Å². The van der Waals surface area contributed by atoms with Gasteiger partial charge in [-0.15, -0.1) is 5.10 Å². The number of nitrogens with one attached hydrogen (secondary N) is 1. The Hall–Kier alpha value is -3.44. The maximum atomic E-state index is 14.1. The summed E-state index contributed by atoms with van der Waals surface area (Å²) in [6, 6.07) is 4.34. The maximum Gasteiger partial charge on any atom is 0.416 e. The molecule has 0 amide bonds. The molecule has 0 spiro atoms. The van der Waals surface area contributed by atoms with Gasteiger partial charge in [-0.1, -0.05) is 31.9 Å². The number of halogens is 9. The first kappa shape index (κ1) is 38.4. The average Bonchev–Trinajstić information content (AvgIpc) is 3.42. The van der Waals surface area contributed by atoms with Crippen LogP contribution in [-0.2, 0) is 43.4 Å². The summed E-state index contributed by atoms with van der Waals surface area (Å²) >= 11 is 0. The van der Waals surface area contributed by atoms with Gasteiger partial charge in [-0.2, -0.15) is 44.3 Å². The summed E-state index contributed by atoms with van der Waals surface area (Å²) in [5.41, 5.74) is -3.67. The smallest absolute Gasteiger partial charge is 0.380 e. The average molecular weight is 710 g/mol. The molecule has 4 atom stereocenters. The summed E-state index contributed by atoms with van der Waals surface area (Å²) in [7, 11) is 1.40. The summed E-state index contributed by atoms with van der Waals surface area (Å²) in [4.78, 5) is 4.47. The van der Waals surface area contributed by atoms with Gasteiger partial charge in [0, 0.05) is 44.4 Å². The summed E-state index contributed by atoms with van der Waals surface area (Å²) in [6.45, 7) is 9.19. The third-order valence-corrected chi connectivity index (χ3v) is 8.69. The largest absolute Gasteiger partial charge is 0.416 e. The topological polar surface area (TPSA) is 71.3 Å². The fourth-order valence-corrected chi connectivity index (χ4v) is 6.35. The van der Waals surface area contributed by atoms with Crippen LogP contribution in [0, 0.1) is 5.92 Å². The number of anilines is 1. The van der Waals surface area contributed by atoms with E-state index in [2.05, 4.69) is 32.6 Å². The Labute approximate surface area is 278 Å². The number of alkyl halides is 9. The molecule has 17 heteroatoms. The Morgan fingerprint density at radius 3 is 2.02 bits per heavy atom. The summed E-state index contributed by atoms with van der Waals surface area (Å²) < 4.78 is 130. The standard InChI is InChI=1S/C32H40F9N7O/c1-6-26(48(7-2)28-19(4)27(28)42-11-12-49-8-3)25-10-9-22(30(33,34)35)15-21(25)18-47(29-43-45-46(5)44-29)17-20-13-23(31(36,37)38)16-24(14-20)32(39,40)41/h9-10,13-16,19,26-28,42H,6-8,11-12,17-18H2,1-5H3. The van der Waals surface area contributed by atoms with Crippen molar-refractivity contribution in [1.29, 1.82) is 0 Å². The summed E-state index contributed by atoms with van der Waals surface area (Å²) in [5.74, 6) is 0.0455. The number of aryl methyl sites for hydroxylation is 1. The van der Waals surface area contributed by atoms with E-state index >= 15 is 0 Å². The summed E-state index contributed by atoms with van der Waals surface area (Å²) in [6.07, 6.45) is -14.4. The monoisotopic (exact) mass is 709 g/mol. The zero-order valence-corrected chi connectivity index (χ0v) is 27.7. The van der Waals surface area contributed by atoms with E-state index in [-0.39, 0.29) is 48.2 Å². The molecule has 4 rings (SSSR count). The van der Waals surface area contributed by atoms with E-state index in [4.69, 9.17) is 4.74 Å². The zero-order valence-electron chi connectivity index (χ0n) is 27.7. The van der Waals surface area contributed by atoms with Gasteiger partial charge in [-0.3, -0.25) is 4.90 Å². The van der Waals surface area contributed by atoms with E-state index in [9.17, 15) is 39.5 Å². The maximum absolute atomic E-state index is 14.1. The highest BCUT2D eigenvalue weighted by Crippen LogP contribution is 2.43. The molecule has 8 nitrogen and oxygen atoms in total. The SMILES string of the molecule is CCOCCNC1C(C)C1N(CC)C(CC)c1ccc(C(F)(F)F)cc1CN(Cc1cc(C(F)(F)F)cc(C(F)(F)F)c1)c1nnn(C)n1. The molecule has 1 aliphatic carbocycles. The van der Waals surface area contributed by atoms with Gasteiger partial charge in [0.1, 0.15) is 0 Å². The van der Waals surface area contributed by atoms with Crippen LogP contribution in [0.25, 0.3) is 0 Å². The highest BCUT2D eigenvalue weighted by molar-refractivity contribution is 5.42. The van der Waals surface area contributed by atoms with Crippen LogP contribution >= 0.6 is 0 Å². The quantitative estimate of drug-likeness (QED) is 0.132. The van der Waals surface area contributed by atoms with Crippen LogP contribution in [0.5, 0.6) is 0 Å². The van der Waals surface area contributed by atoms with Crippen molar-refractivity contribution < 1.29 is 44.3 Å². The van der Waals surface area contributed by atoms with Gasteiger partial charge in [-0.05, 0) is 78.0 Å². The number of tetrazole rings is 1. The molecule has 0 saturated heterocycles. The predicted molar refractivity (Wildman–Crippen MR) is 163 cm³/mol. The van der Waals surface area contributed by atoms with E-state index in [1.54, 1.807) is 0 Å². The Morgan fingerprint density at radius 2 is 1.51 bits per heavy atom. The Balaban J connectivity index is 1.77. The number of hydrogen-bond donors (Lipinski definition) is 1. The molecule has 3 aromatic rings. The molecule has 0 bridgehead atoms. The molecular formula is C32H40F9N7O. The van der Waals surface area contributed by atoms with Gasteiger partial charge in [0.25, 0.3) is 5.95 Å². The van der Waals surface area contributed by atoms with Gasteiger partial charge >= 0.3 is 18.5 Å². The van der Waals surface area contributed by atoms with E-state index in [0.717, 1.165) is 16.9 Å². The number of aromatic nitrogens is 4. The molecule has 1 aromatic heterocycles. The second-order valence-electron chi connectivity index (χ2n) is 12.0. The van der Waals surface area contributed by atoms with Crippen molar-refractivity contribution in [3.63, 3.8) is 0 Å². The van der Waals surface area contributed by atoms with Crippen LogP contribution in [0.15, 0.2) is 36.4 Å². The van der Waals surface area contributed by atoms with Crippen molar-refractivity contribution in [2.45, 2.75) is 83.9 Å². The van der Waals surface area contributed by atoms with Gasteiger partial charge in [0.05, 0.1) is 30.3 Å². The van der Waals surface area contributed by atoms with Crippen LogP contribution in [-0.4, -0.2) is 63.5 Å². The number of rotatable bonds is 15. The molecule has 1 fully saturated rings. The first-order valence-corrected chi connectivity index (χ1v) is 15.9. The molecule has 1 saturated carbocycles. The number of ether oxygens (including phenoxy) is 1.